The fraction of sp³-hybridized carbons (Fsp3) is 0.714. The number of carbonyl (C=O) groups is 1. The molecule has 1 aliphatic rings. The highest BCUT2D eigenvalue weighted by atomic mass is 32.2. The van der Waals surface area contributed by atoms with Crippen molar-refractivity contribution in [1.29, 1.82) is 0 Å². The molecule has 1 N–H and O–H groups in total. The Hall–Kier alpha value is -0.990. The molecule has 1 amide bonds. The van der Waals surface area contributed by atoms with E-state index in [1.54, 1.807) is 11.1 Å². The zero-order chi connectivity index (χ0) is 16.5. The maximum atomic E-state index is 12.6. The number of sulfonamides is 1. The highest BCUT2D eigenvalue weighted by Gasteiger charge is 2.28. The van der Waals surface area contributed by atoms with Crippen LogP contribution in [-0.4, -0.2) is 49.6 Å². The topological polar surface area (TPSA) is 79.4 Å². The largest absolute Gasteiger partial charge is 0.336 e. The molecule has 0 spiro atoms. The highest BCUT2D eigenvalue weighted by Crippen LogP contribution is 2.28. The molecule has 2 heterocycles. The lowest BCUT2D eigenvalue weighted by Crippen LogP contribution is -2.49. The van der Waals surface area contributed by atoms with Gasteiger partial charge in [-0.25, -0.2) is 18.1 Å². The van der Waals surface area contributed by atoms with E-state index in [2.05, 4.69) is 30.5 Å². The van der Waals surface area contributed by atoms with Crippen LogP contribution in [0.5, 0.6) is 0 Å². The molecule has 1 saturated heterocycles. The lowest BCUT2D eigenvalue weighted by Gasteiger charge is -2.32. The van der Waals surface area contributed by atoms with Gasteiger partial charge in [-0.1, -0.05) is 20.8 Å². The van der Waals surface area contributed by atoms with Gasteiger partial charge in [0, 0.05) is 24.5 Å². The van der Waals surface area contributed by atoms with Gasteiger partial charge in [0.05, 0.1) is 17.5 Å². The fourth-order valence-electron chi connectivity index (χ4n) is 2.44. The summed E-state index contributed by atoms with van der Waals surface area (Å²) in [5, 5.41) is 0.929. The van der Waals surface area contributed by atoms with Crippen LogP contribution >= 0.6 is 11.3 Å². The van der Waals surface area contributed by atoms with E-state index in [0.29, 0.717) is 18.0 Å². The van der Waals surface area contributed by atoms with Crippen molar-refractivity contribution in [2.45, 2.75) is 45.1 Å². The second-order valence-electron chi connectivity index (χ2n) is 6.76. The first-order chi connectivity index (χ1) is 10.1. The number of carbonyl (C=O) groups excluding carboxylic acids is 1. The molecular formula is C14H23N3O3S2. The molecule has 2 rings (SSSR count). The number of piperidine rings is 1. The molecule has 1 fully saturated rings. The lowest BCUT2D eigenvalue weighted by molar-refractivity contribution is 0.0708. The average molecular weight is 345 g/mol. The van der Waals surface area contributed by atoms with E-state index in [1.807, 2.05) is 0 Å². The Balaban J connectivity index is 2.07. The van der Waals surface area contributed by atoms with Crippen molar-refractivity contribution in [2.75, 3.05) is 19.3 Å². The quantitative estimate of drug-likeness (QED) is 0.902. The van der Waals surface area contributed by atoms with Gasteiger partial charge in [0.2, 0.25) is 10.0 Å². The van der Waals surface area contributed by atoms with Crippen LogP contribution in [0.25, 0.3) is 0 Å². The van der Waals surface area contributed by atoms with Crippen molar-refractivity contribution in [3.63, 3.8) is 0 Å². The Kier molecular flexibility index (Phi) is 4.93. The van der Waals surface area contributed by atoms with Crippen LogP contribution in [0.1, 0.15) is 48.3 Å². The number of amides is 1. The van der Waals surface area contributed by atoms with Gasteiger partial charge in [-0.2, -0.15) is 0 Å². The maximum absolute atomic E-state index is 12.6. The summed E-state index contributed by atoms with van der Waals surface area (Å²) in [6, 6.07) is -0.206. The normalized spacial score (nSPS) is 20.2. The Morgan fingerprint density at radius 3 is 2.68 bits per heavy atom. The van der Waals surface area contributed by atoms with Crippen LogP contribution in [0, 0.1) is 0 Å². The Morgan fingerprint density at radius 2 is 2.14 bits per heavy atom. The van der Waals surface area contributed by atoms with E-state index in [9.17, 15) is 13.2 Å². The first-order valence-corrected chi connectivity index (χ1v) is 10.00. The third-order valence-corrected chi connectivity index (χ3v) is 5.62. The highest BCUT2D eigenvalue weighted by molar-refractivity contribution is 7.88. The number of rotatable bonds is 3. The number of likely N-dealkylation sites (tertiary alicyclic amines) is 1. The number of thiazole rings is 1. The molecule has 1 atom stereocenters. The van der Waals surface area contributed by atoms with Crippen molar-refractivity contribution in [3.05, 3.63) is 16.1 Å². The van der Waals surface area contributed by atoms with Gasteiger partial charge >= 0.3 is 0 Å². The van der Waals surface area contributed by atoms with E-state index in [4.69, 9.17) is 0 Å². The number of hydrogen-bond donors (Lipinski definition) is 1. The van der Waals surface area contributed by atoms with Crippen molar-refractivity contribution in [3.8, 4) is 0 Å². The Morgan fingerprint density at radius 1 is 1.45 bits per heavy atom. The minimum absolute atomic E-state index is 0.0620. The van der Waals surface area contributed by atoms with Gasteiger partial charge < -0.3 is 4.90 Å². The summed E-state index contributed by atoms with van der Waals surface area (Å²) >= 11 is 1.41. The van der Waals surface area contributed by atoms with Crippen molar-refractivity contribution < 1.29 is 13.2 Å². The van der Waals surface area contributed by atoms with E-state index >= 15 is 0 Å². The Labute approximate surface area is 136 Å². The van der Waals surface area contributed by atoms with Gasteiger partial charge in [0.1, 0.15) is 4.88 Å². The number of aromatic nitrogens is 1. The summed E-state index contributed by atoms with van der Waals surface area (Å²) in [5.41, 5.74) is -0.0779. The molecule has 1 aromatic heterocycles. The first-order valence-electron chi connectivity index (χ1n) is 7.29. The molecule has 0 radical (unpaired) electrons. The van der Waals surface area contributed by atoms with Crippen LogP contribution in [0.15, 0.2) is 6.20 Å². The van der Waals surface area contributed by atoms with Gasteiger partial charge in [-0.15, -0.1) is 11.3 Å². The van der Waals surface area contributed by atoms with Crippen LogP contribution in [0.3, 0.4) is 0 Å². The second-order valence-corrected chi connectivity index (χ2v) is 9.57. The molecule has 0 bridgehead atoms. The molecular weight excluding hydrogens is 322 g/mol. The molecule has 0 aliphatic carbocycles. The minimum atomic E-state index is -3.25. The number of nitrogens with one attached hydrogen (secondary N) is 1. The summed E-state index contributed by atoms with van der Waals surface area (Å²) < 4.78 is 25.3. The maximum Gasteiger partial charge on any atom is 0.265 e. The predicted molar refractivity (Wildman–Crippen MR) is 87.7 cm³/mol. The predicted octanol–water partition coefficient (Wildman–Crippen LogP) is 1.59. The molecule has 22 heavy (non-hydrogen) atoms. The zero-order valence-corrected chi connectivity index (χ0v) is 15.1. The second kappa shape index (κ2) is 6.25. The van der Waals surface area contributed by atoms with Gasteiger partial charge in [0.15, 0.2) is 0 Å². The molecule has 8 heteroatoms. The molecule has 6 nitrogen and oxygen atoms in total. The lowest BCUT2D eigenvalue weighted by atomic mass is 9.98. The van der Waals surface area contributed by atoms with E-state index in [-0.39, 0.29) is 17.4 Å². The van der Waals surface area contributed by atoms with Crippen molar-refractivity contribution in [2.24, 2.45) is 0 Å². The standard InChI is InChI=1S/C14H23N3O3S2/c1-14(2,3)13-15-8-11(21-13)12(18)17-7-5-6-10(9-17)16-22(4,19)20/h8,10,16H,5-7,9H2,1-4H3. The van der Waals surface area contributed by atoms with Gasteiger partial charge in [0.25, 0.3) is 5.91 Å². The van der Waals surface area contributed by atoms with Crippen molar-refractivity contribution >= 4 is 27.3 Å². The number of nitrogens with zero attached hydrogens (tertiary/aromatic N) is 2. The summed E-state index contributed by atoms with van der Waals surface area (Å²) in [6.07, 6.45) is 4.32. The van der Waals surface area contributed by atoms with Gasteiger partial charge in [-0.3, -0.25) is 4.79 Å². The molecule has 1 aromatic rings. The zero-order valence-electron chi connectivity index (χ0n) is 13.4. The summed E-state index contributed by atoms with van der Waals surface area (Å²) in [6.45, 7) is 7.26. The van der Waals surface area contributed by atoms with E-state index < -0.39 is 10.0 Å². The van der Waals surface area contributed by atoms with Crippen LogP contribution in [0.2, 0.25) is 0 Å². The molecule has 124 valence electrons. The van der Waals surface area contributed by atoms with Crippen LogP contribution in [0.4, 0.5) is 0 Å². The van der Waals surface area contributed by atoms with E-state index in [1.165, 1.54) is 11.3 Å². The molecule has 1 unspecified atom stereocenters. The fourth-order valence-corrected chi connectivity index (χ4v) is 4.18. The van der Waals surface area contributed by atoms with Crippen molar-refractivity contribution in [1.82, 2.24) is 14.6 Å². The SMILES string of the molecule is CC(C)(C)c1ncc(C(=O)N2CCCC(NS(C)(=O)=O)C2)s1. The molecule has 0 saturated carbocycles. The first kappa shape index (κ1) is 17.4. The third kappa shape index (κ3) is 4.50. The Bertz CT molecular complexity index is 647. The van der Waals surface area contributed by atoms with E-state index in [0.717, 1.165) is 24.1 Å². The smallest absolute Gasteiger partial charge is 0.265 e. The summed E-state index contributed by atoms with van der Waals surface area (Å²) in [4.78, 5) is 19.2. The summed E-state index contributed by atoms with van der Waals surface area (Å²) in [7, 11) is -3.25. The third-order valence-electron chi connectivity index (χ3n) is 3.45. The monoisotopic (exact) mass is 345 g/mol. The number of hydrogen-bond acceptors (Lipinski definition) is 5. The van der Waals surface area contributed by atoms with Crippen LogP contribution < -0.4 is 4.72 Å². The van der Waals surface area contributed by atoms with Gasteiger partial charge in [-0.05, 0) is 12.8 Å². The molecule has 1 aliphatic heterocycles. The molecule has 0 aromatic carbocycles. The minimum Gasteiger partial charge on any atom is -0.336 e. The average Bonchev–Trinajstić information content (AvgIpc) is 2.85. The van der Waals surface area contributed by atoms with Crippen LogP contribution in [-0.2, 0) is 15.4 Å². The summed E-state index contributed by atoms with van der Waals surface area (Å²) in [5.74, 6) is -0.0620.